The highest BCUT2D eigenvalue weighted by Crippen LogP contribution is 2.16. The second-order valence-electron chi connectivity index (χ2n) is 4.15. The summed E-state index contributed by atoms with van der Waals surface area (Å²) in [6, 6.07) is 9.60. The Labute approximate surface area is 111 Å². The Morgan fingerprint density at radius 2 is 1.89 bits per heavy atom. The predicted octanol–water partition coefficient (Wildman–Crippen LogP) is 3.45. The van der Waals surface area contributed by atoms with Gasteiger partial charge >= 0.3 is 5.97 Å². The molecule has 18 heavy (non-hydrogen) atoms. The van der Waals surface area contributed by atoms with Gasteiger partial charge in [0, 0.05) is 12.7 Å². The van der Waals surface area contributed by atoms with Crippen molar-refractivity contribution in [3.8, 4) is 0 Å². The van der Waals surface area contributed by atoms with Gasteiger partial charge in [0.2, 0.25) is 0 Å². The van der Waals surface area contributed by atoms with Crippen LogP contribution in [0.1, 0.15) is 28.5 Å². The number of halogens is 1. The summed E-state index contributed by atoms with van der Waals surface area (Å²) in [4.78, 5) is 11.0. The SMILES string of the molecule is CCc1ccc(Cn2cc(Cl)cc2C(=O)O)cc1. The van der Waals surface area contributed by atoms with Crippen molar-refractivity contribution in [1.82, 2.24) is 4.57 Å². The molecule has 1 heterocycles. The minimum absolute atomic E-state index is 0.208. The van der Waals surface area contributed by atoms with Crippen LogP contribution in [0.15, 0.2) is 36.5 Å². The molecule has 3 nitrogen and oxygen atoms in total. The van der Waals surface area contributed by atoms with Gasteiger partial charge in [-0.05, 0) is 23.6 Å². The molecule has 0 radical (unpaired) electrons. The molecule has 2 rings (SSSR count). The smallest absolute Gasteiger partial charge is 0.352 e. The lowest BCUT2D eigenvalue weighted by Crippen LogP contribution is -2.08. The van der Waals surface area contributed by atoms with Gasteiger partial charge in [-0.15, -0.1) is 0 Å². The molecule has 0 bridgehead atoms. The molecular formula is C14H14ClNO2. The number of hydrogen-bond donors (Lipinski definition) is 1. The molecule has 1 aromatic heterocycles. The minimum Gasteiger partial charge on any atom is -0.477 e. The molecule has 0 fully saturated rings. The van der Waals surface area contributed by atoms with Crippen LogP contribution in [-0.2, 0) is 13.0 Å². The Kier molecular flexibility index (Phi) is 3.72. The molecule has 0 atom stereocenters. The summed E-state index contributed by atoms with van der Waals surface area (Å²) in [5.74, 6) is -0.966. The molecule has 0 amide bonds. The largest absolute Gasteiger partial charge is 0.477 e. The van der Waals surface area contributed by atoms with Gasteiger partial charge in [-0.2, -0.15) is 0 Å². The van der Waals surface area contributed by atoms with Gasteiger partial charge in [-0.25, -0.2) is 4.79 Å². The Morgan fingerprint density at radius 1 is 1.28 bits per heavy atom. The number of aromatic carboxylic acids is 1. The van der Waals surface area contributed by atoms with E-state index in [9.17, 15) is 4.79 Å². The molecule has 0 aliphatic heterocycles. The number of benzene rings is 1. The normalized spacial score (nSPS) is 10.6. The van der Waals surface area contributed by atoms with Crippen molar-refractivity contribution in [2.24, 2.45) is 0 Å². The van der Waals surface area contributed by atoms with Crippen molar-refractivity contribution in [3.63, 3.8) is 0 Å². The summed E-state index contributed by atoms with van der Waals surface area (Å²) in [7, 11) is 0. The third-order valence-electron chi connectivity index (χ3n) is 2.87. The highest BCUT2D eigenvalue weighted by Gasteiger charge is 2.11. The van der Waals surface area contributed by atoms with Gasteiger partial charge in [-0.1, -0.05) is 42.8 Å². The number of aromatic nitrogens is 1. The van der Waals surface area contributed by atoms with Crippen molar-refractivity contribution in [2.45, 2.75) is 19.9 Å². The summed E-state index contributed by atoms with van der Waals surface area (Å²) in [5, 5.41) is 9.50. The zero-order valence-corrected chi connectivity index (χ0v) is 10.8. The van der Waals surface area contributed by atoms with Gasteiger partial charge in [-0.3, -0.25) is 0 Å². The van der Waals surface area contributed by atoms with E-state index < -0.39 is 5.97 Å². The summed E-state index contributed by atoms with van der Waals surface area (Å²) >= 11 is 5.84. The Hall–Kier alpha value is -1.74. The molecule has 0 saturated heterocycles. The van der Waals surface area contributed by atoms with Crippen molar-refractivity contribution in [3.05, 3.63) is 58.4 Å². The topological polar surface area (TPSA) is 42.2 Å². The van der Waals surface area contributed by atoms with E-state index in [2.05, 4.69) is 19.1 Å². The highest BCUT2D eigenvalue weighted by molar-refractivity contribution is 6.30. The van der Waals surface area contributed by atoms with E-state index in [1.54, 1.807) is 10.8 Å². The van der Waals surface area contributed by atoms with Crippen LogP contribution in [0.25, 0.3) is 0 Å². The lowest BCUT2D eigenvalue weighted by Gasteiger charge is -2.07. The summed E-state index contributed by atoms with van der Waals surface area (Å²) in [6.45, 7) is 2.61. The van der Waals surface area contributed by atoms with Gasteiger partial charge < -0.3 is 9.67 Å². The molecule has 94 valence electrons. The fourth-order valence-corrected chi connectivity index (χ4v) is 2.08. The highest BCUT2D eigenvalue weighted by atomic mass is 35.5. The molecule has 0 unspecified atom stereocenters. The molecule has 1 N–H and O–H groups in total. The zero-order valence-electron chi connectivity index (χ0n) is 10.1. The fourth-order valence-electron chi connectivity index (χ4n) is 1.86. The Morgan fingerprint density at radius 3 is 2.44 bits per heavy atom. The van der Waals surface area contributed by atoms with Gasteiger partial charge in [0.05, 0.1) is 5.02 Å². The van der Waals surface area contributed by atoms with Crippen LogP contribution >= 0.6 is 11.6 Å². The van der Waals surface area contributed by atoms with Crippen molar-refractivity contribution < 1.29 is 9.90 Å². The van der Waals surface area contributed by atoms with Gasteiger partial charge in [0.25, 0.3) is 0 Å². The van der Waals surface area contributed by atoms with Crippen LogP contribution in [0.4, 0.5) is 0 Å². The number of aryl methyl sites for hydroxylation is 1. The van der Waals surface area contributed by atoms with E-state index in [4.69, 9.17) is 16.7 Å². The second kappa shape index (κ2) is 5.27. The molecule has 4 heteroatoms. The molecule has 1 aromatic carbocycles. The monoisotopic (exact) mass is 263 g/mol. The van der Waals surface area contributed by atoms with Crippen LogP contribution in [0.5, 0.6) is 0 Å². The first-order valence-corrected chi connectivity index (χ1v) is 6.14. The maximum Gasteiger partial charge on any atom is 0.352 e. The number of carbonyl (C=O) groups is 1. The number of hydrogen-bond acceptors (Lipinski definition) is 1. The van der Waals surface area contributed by atoms with Crippen LogP contribution in [0, 0.1) is 0 Å². The quantitative estimate of drug-likeness (QED) is 0.918. The molecule has 0 saturated carbocycles. The van der Waals surface area contributed by atoms with E-state index in [-0.39, 0.29) is 5.69 Å². The summed E-state index contributed by atoms with van der Waals surface area (Å²) in [6.07, 6.45) is 2.63. The molecule has 2 aromatic rings. The number of nitrogens with zero attached hydrogens (tertiary/aromatic N) is 1. The lowest BCUT2D eigenvalue weighted by atomic mass is 10.1. The Bertz CT molecular complexity index is 558. The molecule has 0 spiro atoms. The van der Waals surface area contributed by atoms with Gasteiger partial charge in [0.1, 0.15) is 5.69 Å². The third kappa shape index (κ3) is 2.74. The zero-order chi connectivity index (χ0) is 13.1. The number of carboxylic acid groups (broad SMARTS) is 1. The van der Waals surface area contributed by atoms with Crippen LogP contribution in [-0.4, -0.2) is 15.6 Å². The summed E-state index contributed by atoms with van der Waals surface area (Å²) in [5.41, 5.74) is 2.53. The van der Waals surface area contributed by atoms with E-state index in [1.165, 1.54) is 11.6 Å². The first kappa shape index (κ1) is 12.7. The van der Waals surface area contributed by atoms with Crippen molar-refractivity contribution in [1.29, 1.82) is 0 Å². The first-order valence-electron chi connectivity index (χ1n) is 5.77. The fraction of sp³-hybridized carbons (Fsp3) is 0.214. The first-order chi connectivity index (χ1) is 8.60. The predicted molar refractivity (Wildman–Crippen MR) is 71.3 cm³/mol. The number of rotatable bonds is 4. The average Bonchev–Trinajstić information content (AvgIpc) is 2.71. The van der Waals surface area contributed by atoms with E-state index >= 15 is 0 Å². The van der Waals surface area contributed by atoms with E-state index in [0.717, 1.165) is 12.0 Å². The van der Waals surface area contributed by atoms with Crippen molar-refractivity contribution >= 4 is 17.6 Å². The maximum atomic E-state index is 11.0. The molecular weight excluding hydrogens is 250 g/mol. The average molecular weight is 264 g/mol. The van der Waals surface area contributed by atoms with Gasteiger partial charge in [0.15, 0.2) is 0 Å². The third-order valence-corrected chi connectivity index (χ3v) is 3.07. The molecule has 0 aliphatic carbocycles. The Balaban J connectivity index is 2.25. The van der Waals surface area contributed by atoms with E-state index in [0.29, 0.717) is 11.6 Å². The van der Waals surface area contributed by atoms with Crippen molar-refractivity contribution in [2.75, 3.05) is 0 Å². The van der Waals surface area contributed by atoms with E-state index in [1.807, 2.05) is 12.1 Å². The minimum atomic E-state index is -0.966. The standard InChI is InChI=1S/C14H14ClNO2/c1-2-10-3-5-11(6-4-10)8-16-9-12(15)7-13(16)14(17)18/h3-7,9H,2,8H2,1H3,(H,17,18). The number of carboxylic acids is 1. The molecule has 0 aliphatic rings. The summed E-state index contributed by atoms with van der Waals surface area (Å²) < 4.78 is 1.64. The second-order valence-corrected chi connectivity index (χ2v) is 4.58. The lowest BCUT2D eigenvalue weighted by molar-refractivity contribution is 0.0685. The van der Waals surface area contributed by atoms with Crippen LogP contribution in [0.2, 0.25) is 5.02 Å². The maximum absolute atomic E-state index is 11.0. The van der Waals surface area contributed by atoms with Crippen LogP contribution < -0.4 is 0 Å². The van der Waals surface area contributed by atoms with Crippen LogP contribution in [0.3, 0.4) is 0 Å².